The van der Waals surface area contributed by atoms with E-state index in [-0.39, 0.29) is 0 Å². The molecule has 5 heteroatoms. The number of methoxy groups -OCH3 is 1. The molecule has 0 unspecified atom stereocenters. The van der Waals surface area contributed by atoms with Crippen molar-refractivity contribution in [2.45, 2.75) is 45.8 Å². The first kappa shape index (κ1) is 23.5. The molecule has 0 N–H and O–H groups in total. The van der Waals surface area contributed by atoms with Crippen molar-refractivity contribution in [1.82, 2.24) is 0 Å². The van der Waals surface area contributed by atoms with Crippen LogP contribution in [0.2, 0.25) is 0 Å². The van der Waals surface area contributed by atoms with E-state index in [1.54, 1.807) is 7.11 Å². The fraction of sp³-hybridized carbons (Fsp3) is 0.267. The van der Waals surface area contributed by atoms with E-state index in [0.29, 0.717) is 0 Å². The molecule has 3 aromatic carbocycles. The quantitative estimate of drug-likeness (QED) is 0.300. The molecule has 1 aliphatic rings. The summed E-state index contributed by atoms with van der Waals surface area (Å²) in [5, 5.41) is 0. The zero-order chi connectivity index (χ0) is 24.8. The van der Waals surface area contributed by atoms with Crippen molar-refractivity contribution in [2.24, 2.45) is 0 Å². The lowest BCUT2D eigenvalue weighted by atomic mass is 9.73. The Balaban J connectivity index is 1.80. The van der Waals surface area contributed by atoms with Crippen molar-refractivity contribution >= 4 is 12.6 Å². The van der Waals surface area contributed by atoms with Crippen LogP contribution in [-0.4, -0.2) is 25.4 Å². The minimum atomic E-state index is -0.588. The number of aryl methyl sites for hydroxylation is 1. The lowest BCUT2D eigenvalue weighted by molar-refractivity contribution is 0.00578. The van der Waals surface area contributed by atoms with Gasteiger partial charge in [-0.1, -0.05) is 72.3 Å². The molecule has 1 aromatic heterocycles. The van der Waals surface area contributed by atoms with E-state index in [2.05, 4.69) is 83.1 Å². The molecule has 178 valence electrons. The van der Waals surface area contributed by atoms with Crippen LogP contribution in [0.4, 0.5) is 0 Å². The average Bonchev–Trinajstić information content (AvgIpc) is 3.34. The van der Waals surface area contributed by atoms with Crippen LogP contribution in [0.1, 0.15) is 33.3 Å². The maximum atomic E-state index is 6.73. The first-order chi connectivity index (χ1) is 16.7. The fourth-order valence-electron chi connectivity index (χ4n) is 4.39. The first-order valence-corrected chi connectivity index (χ1v) is 12.0. The van der Waals surface area contributed by atoms with Crippen molar-refractivity contribution in [1.29, 1.82) is 0 Å². The van der Waals surface area contributed by atoms with Crippen molar-refractivity contribution < 1.29 is 18.5 Å². The van der Waals surface area contributed by atoms with Gasteiger partial charge in [-0.05, 0) is 52.3 Å². The Labute approximate surface area is 208 Å². The summed E-state index contributed by atoms with van der Waals surface area (Å²) in [4.78, 5) is 0. The Hall–Kier alpha value is -3.28. The van der Waals surface area contributed by atoms with Crippen molar-refractivity contribution in [2.75, 3.05) is 7.11 Å². The third-order valence-electron chi connectivity index (χ3n) is 7.16. The molecular formula is C30H31BO4. The number of rotatable bonds is 5. The van der Waals surface area contributed by atoms with Gasteiger partial charge in [0.1, 0.15) is 17.3 Å². The summed E-state index contributed by atoms with van der Waals surface area (Å²) < 4.78 is 25.3. The van der Waals surface area contributed by atoms with Crippen LogP contribution in [0.25, 0.3) is 33.8 Å². The van der Waals surface area contributed by atoms with Gasteiger partial charge in [-0.25, -0.2) is 0 Å². The summed E-state index contributed by atoms with van der Waals surface area (Å²) in [5.41, 5.74) is 5.09. The highest BCUT2D eigenvalue weighted by Gasteiger charge is 2.54. The SMILES string of the molecule is COc1ccc(-c2c(-c3ccc(C)cc3)oc(-c3ccccc3)c2B2OC(C)(C)C(C)(C)O2)cc1. The molecule has 0 atom stereocenters. The molecule has 35 heavy (non-hydrogen) atoms. The molecule has 4 nitrogen and oxygen atoms in total. The van der Waals surface area contributed by atoms with Gasteiger partial charge in [-0.3, -0.25) is 0 Å². The van der Waals surface area contributed by atoms with E-state index >= 15 is 0 Å². The maximum absolute atomic E-state index is 6.73. The van der Waals surface area contributed by atoms with Crippen molar-refractivity contribution in [3.8, 4) is 39.5 Å². The van der Waals surface area contributed by atoms with Crippen LogP contribution in [0.15, 0.2) is 83.3 Å². The average molecular weight is 466 g/mol. The molecule has 0 amide bonds. The number of hydrogen-bond donors (Lipinski definition) is 0. The molecule has 4 aromatic rings. The van der Waals surface area contributed by atoms with Crippen LogP contribution in [0.5, 0.6) is 5.75 Å². The van der Waals surface area contributed by atoms with Crippen LogP contribution in [-0.2, 0) is 9.31 Å². The topological polar surface area (TPSA) is 40.8 Å². The highest BCUT2D eigenvalue weighted by atomic mass is 16.7. The second-order valence-corrected chi connectivity index (χ2v) is 10.1. The number of benzene rings is 3. The van der Waals surface area contributed by atoms with E-state index in [9.17, 15) is 0 Å². The summed E-state index contributed by atoms with van der Waals surface area (Å²) in [7, 11) is 1.09. The smallest absolute Gasteiger partial charge is 0.497 e. The summed E-state index contributed by atoms with van der Waals surface area (Å²) in [6, 6.07) is 26.6. The molecule has 2 heterocycles. The van der Waals surface area contributed by atoms with Crippen LogP contribution >= 0.6 is 0 Å². The number of hydrogen-bond acceptors (Lipinski definition) is 4. The molecule has 0 spiro atoms. The van der Waals surface area contributed by atoms with Gasteiger partial charge in [0.05, 0.1) is 18.3 Å². The third-order valence-corrected chi connectivity index (χ3v) is 7.16. The van der Waals surface area contributed by atoms with Gasteiger partial charge in [0, 0.05) is 22.2 Å². The molecule has 0 saturated carbocycles. The molecule has 0 bridgehead atoms. The minimum Gasteiger partial charge on any atom is -0.497 e. The fourth-order valence-corrected chi connectivity index (χ4v) is 4.39. The van der Waals surface area contributed by atoms with Gasteiger partial charge in [0.25, 0.3) is 0 Å². The normalized spacial score (nSPS) is 16.5. The van der Waals surface area contributed by atoms with Crippen LogP contribution in [0, 0.1) is 6.92 Å². The Morgan fingerprint density at radius 1 is 0.657 bits per heavy atom. The summed E-state index contributed by atoms with van der Waals surface area (Å²) in [6.07, 6.45) is 0. The van der Waals surface area contributed by atoms with E-state index in [0.717, 1.165) is 45.0 Å². The maximum Gasteiger partial charge on any atom is 0.499 e. The van der Waals surface area contributed by atoms with Gasteiger partial charge < -0.3 is 18.5 Å². The number of furan rings is 1. The highest BCUT2D eigenvalue weighted by Crippen LogP contribution is 2.43. The molecule has 1 fully saturated rings. The van der Waals surface area contributed by atoms with Crippen LogP contribution < -0.4 is 10.2 Å². The van der Waals surface area contributed by atoms with E-state index < -0.39 is 18.3 Å². The standard InChI is InChI=1S/C30H31BO4/c1-20-12-14-23(15-13-20)27-25(21-16-18-24(32-6)19-17-21)26(28(33-27)22-10-8-7-9-11-22)31-34-29(2,3)30(4,5)35-31/h7-19H,1-6H3. The molecular weight excluding hydrogens is 435 g/mol. The molecule has 1 aliphatic heterocycles. The second kappa shape index (κ2) is 8.74. The van der Waals surface area contributed by atoms with Gasteiger partial charge in [0.15, 0.2) is 0 Å². The molecule has 0 radical (unpaired) electrons. The zero-order valence-corrected chi connectivity index (χ0v) is 21.2. The minimum absolute atomic E-state index is 0.482. The van der Waals surface area contributed by atoms with Gasteiger partial charge >= 0.3 is 7.12 Å². The van der Waals surface area contributed by atoms with Gasteiger partial charge in [-0.15, -0.1) is 0 Å². The summed E-state index contributed by atoms with van der Waals surface area (Å²) >= 11 is 0. The largest absolute Gasteiger partial charge is 0.499 e. The molecule has 1 saturated heterocycles. The predicted octanol–water partition coefficient (Wildman–Crippen LogP) is 6.90. The Bertz CT molecular complexity index is 1300. The molecule has 0 aliphatic carbocycles. The van der Waals surface area contributed by atoms with Crippen LogP contribution in [0.3, 0.4) is 0 Å². The van der Waals surface area contributed by atoms with E-state index in [4.69, 9.17) is 18.5 Å². The van der Waals surface area contributed by atoms with Gasteiger partial charge in [-0.2, -0.15) is 0 Å². The Morgan fingerprint density at radius 3 is 1.77 bits per heavy atom. The first-order valence-electron chi connectivity index (χ1n) is 12.0. The highest BCUT2D eigenvalue weighted by molar-refractivity contribution is 6.66. The van der Waals surface area contributed by atoms with Crippen molar-refractivity contribution in [3.05, 3.63) is 84.4 Å². The second-order valence-electron chi connectivity index (χ2n) is 10.1. The third kappa shape index (κ3) is 4.20. The zero-order valence-electron chi connectivity index (χ0n) is 21.2. The monoisotopic (exact) mass is 466 g/mol. The summed E-state index contributed by atoms with van der Waals surface area (Å²) in [6.45, 7) is 10.4. The van der Waals surface area contributed by atoms with E-state index in [1.807, 2.05) is 30.3 Å². The molecule has 5 rings (SSSR count). The van der Waals surface area contributed by atoms with Crippen molar-refractivity contribution in [3.63, 3.8) is 0 Å². The lowest BCUT2D eigenvalue weighted by Crippen LogP contribution is -2.41. The summed E-state index contributed by atoms with van der Waals surface area (Å²) in [5.74, 6) is 2.35. The number of ether oxygens (including phenoxy) is 1. The van der Waals surface area contributed by atoms with Gasteiger partial charge in [0.2, 0.25) is 0 Å². The Kier molecular flexibility index (Phi) is 5.86. The van der Waals surface area contributed by atoms with E-state index in [1.165, 1.54) is 5.56 Å². The lowest BCUT2D eigenvalue weighted by Gasteiger charge is -2.32. The predicted molar refractivity (Wildman–Crippen MR) is 142 cm³/mol. The Morgan fingerprint density at radius 2 is 1.20 bits per heavy atom.